The van der Waals surface area contributed by atoms with E-state index in [-0.39, 0.29) is 25.0 Å². The molecular formula is C21H27N5O5. The van der Waals surface area contributed by atoms with Gasteiger partial charge in [-0.25, -0.2) is 0 Å². The predicted octanol–water partition coefficient (Wildman–Crippen LogP) is 1.59. The number of rotatable bonds is 13. The molecule has 0 radical (unpaired) electrons. The van der Waals surface area contributed by atoms with E-state index in [0.29, 0.717) is 49.3 Å². The van der Waals surface area contributed by atoms with Crippen LogP contribution in [0.15, 0.2) is 36.4 Å². The molecule has 3 rings (SSSR count). The Balaban J connectivity index is 1.47. The van der Waals surface area contributed by atoms with E-state index in [9.17, 15) is 9.59 Å². The van der Waals surface area contributed by atoms with Crippen molar-refractivity contribution >= 4 is 23.3 Å². The SMILES string of the molecule is NCCOCCOCCC(=O)Nc1ccccc1C(=O)Nc1ccc(OC2CC2)nn1. The number of nitrogens with zero attached hydrogens (tertiary/aromatic N) is 2. The van der Waals surface area contributed by atoms with Gasteiger partial charge in [0.25, 0.3) is 5.91 Å². The molecule has 2 aromatic rings. The summed E-state index contributed by atoms with van der Waals surface area (Å²) in [5, 5.41) is 13.3. The lowest BCUT2D eigenvalue weighted by molar-refractivity contribution is -0.117. The molecule has 10 heteroatoms. The van der Waals surface area contributed by atoms with Crippen molar-refractivity contribution in [1.82, 2.24) is 10.2 Å². The number of para-hydroxylation sites is 1. The fraction of sp³-hybridized carbons (Fsp3) is 0.429. The minimum absolute atomic E-state index is 0.154. The molecule has 31 heavy (non-hydrogen) atoms. The van der Waals surface area contributed by atoms with E-state index in [2.05, 4.69) is 20.8 Å². The summed E-state index contributed by atoms with van der Waals surface area (Å²) in [7, 11) is 0. The van der Waals surface area contributed by atoms with Crippen molar-refractivity contribution in [2.75, 3.05) is 43.6 Å². The number of carbonyl (C=O) groups is 2. The summed E-state index contributed by atoms with van der Waals surface area (Å²) >= 11 is 0. The van der Waals surface area contributed by atoms with Crippen LogP contribution in [0, 0.1) is 0 Å². The van der Waals surface area contributed by atoms with Gasteiger partial charge in [-0.1, -0.05) is 12.1 Å². The fourth-order valence-corrected chi connectivity index (χ4v) is 2.56. The molecule has 10 nitrogen and oxygen atoms in total. The molecule has 1 saturated carbocycles. The first-order valence-corrected chi connectivity index (χ1v) is 10.2. The zero-order chi connectivity index (χ0) is 21.9. The topological polar surface area (TPSA) is 138 Å². The number of carbonyl (C=O) groups excluding carboxylic acids is 2. The highest BCUT2D eigenvalue weighted by Crippen LogP contribution is 2.25. The highest BCUT2D eigenvalue weighted by Gasteiger charge is 2.24. The Labute approximate surface area is 180 Å². The van der Waals surface area contributed by atoms with Crippen molar-refractivity contribution in [3.05, 3.63) is 42.0 Å². The largest absolute Gasteiger partial charge is 0.473 e. The summed E-state index contributed by atoms with van der Waals surface area (Å²) in [5.41, 5.74) is 6.04. The Morgan fingerprint density at radius 1 is 0.968 bits per heavy atom. The van der Waals surface area contributed by atoms with E-state index >= 15 is 0 Å². The maximum Gasteiger partial charge on any atom is 0.258 e. The van der Waals surface area contributed by atoms with Crippen LogP contribution in [0.2, 0.25) is 0 Å². The fourth-order valence-electron chi connectivity index (χ4n) is 2.56. The lowest BCUT2D eigenvalue weighted by atomic mass is 10.1. The first kappa shape index (κ1) is 22.6. The quantitative estimate of drug-likeness (QED) is 0.408. The van der Waals surface area contributed by atoms with Gasteiger partial charge in [-0.2, -0.15) is 0 Å². The molecule has 1 aliphatic carbocycles. The number of nitrogens with one attached hydrogen (secondary N) is 2. The molecule has 0 atom stereocenters. The standard InChI is InChI=1S/C21H27N5O5/c22-10-12-30-14-13-29-11-9-19(27)23-17-4-2-1-3-16(17)21(28)24-18-7-8-20(26-25-18)31-15-5-6-15/h1-4,7-8,15H,5-6,9-14,22H2,(H,23,27)(H,24,25,28). The second-order valence-electron chi connectivity index (χ2n) is 6.89. The van der Waals surface area contributed by atoms with Crippen LogP contribution in [0.25, 0.3) is 0 Å². The first-order chi connectivity index (χ1) is 15.2. The monoisotopic (exact) mass is 429 g/mol. The second kappa shape index (κ2) is 11.9. The number of amides is 2. The van der Waals surface area contributed by atoms with Gasteiger partial charge in [0.05, 0.1) is 44.1 Å². The maximum absolute atomic E-state index is 12.7. The number of benzene rings is 1. The summed E-state index contributed by atoms with van der Waals surface area (Å²) < 4.78 is 16.1. The van der Waals surface area contributed by atoms with Crippen LogP contribution in [-0.4, -0.2) is 61.1 Å². The lowest BCUT2D eigenvalue weighted by Gasteiger charge is -2.11. The third-order valence-electron chi connectivity index (χ3n) is 4.25. The van der Waals surface area contributed by atoms with Gasteiger partial charge in [0.1, 0.15) is 6.10 Å². The normalized spacial score (nSPS) is 12.9. The van der Waals surface area contributed by atoms with Crippen LogP contribution in [0.5, 0.6) is 5.88 Å². The molecule has 1 fully saturated rings. The van der Waals surface area contributed by atoms with Gasteiger partial charge in [-0.15, -0.1) is 10.2 Å². The maximum atomic E-state index is 12.7. The third-order valence-corrected chi connectivity index (χ3v) is 4.25. The number of hydrogen-bond donors (Lipinski definition) is 3. The molecule has 1 heterocycles. The molecule has 2 amide bonds. The van der Waals surface area contributed by atoms with Crippen molar-refractivity contribution in [3.8, 4) is 5.88 Å². The zero-order valence-corrected chi connectivity index (χ0v) is 17.2. The molecular weight excluding hydrogens is 402 g/mol. The minimum atomic E-state index is -0.408. The van der Waals surface area contributed by atoms with Gasteiger partial charge in [-0.05, 0) is 31.0 Å². The van der Waals surface area contributed by atoms with Crippen molar-refractivity contribution in [2.24, 2.45) is 5.73 Å². The van der Waals surface area contributed by atoms with E-state index in [4.69, 9.17) is 19.9 Å². The van der Waals surface area contributed by atoms with Gasteiger partial charge in [0.2, 0.25) is 11.8 Å². The van der Waals surface area contributed by atoms with Crippen LogP contribution in [0.3, 0.4) is 0 Å². The lowest BCUT2D eigenvalue weighted by Crippen LogP contribution is -2.20. The van der Waals surface area contributed by atoms with Gasteiger partial charge in [0, 0.05) is 12.6 Å². The number of aromatic nitrogens is 2. The Morgan fingerprint density at radius 3 is 2.45 bits per heavy atom. The predicted molar refractivity (Wildman–Crippen MR) is 114 cm³/mol. The average Bonchev–Trinajstić information content (AvgIpc) is 3.59. The highest BCUT2D eigenvalue weighted by atomic mass is 16.5. The molecule has 0 spiro atoms. The van der Waals surface area contributed by atoms with Gasteiger partial charge in [0.15, 0.2) is 5.82 Å². The van der Waals surface area contributed by atoms with Gasteiger partial charge in [-0.3, -0.25) is 9.59 Å². The molecule has 0 saturated heterocycles. The van der Waals surface area contributed by atoms with E-state index in [0.717, 1.165) is 12.8 Å². The Hall–Kier alpha value is -3.08. The minimum Gasteiger partial charge on any atom is -0.473 e. The Morgan fingerprint density at radius 2 is 1.74 bits per heavy atom. The van der Waals surface area contributed by atoms with E-state index < -0.39 is 5.91 Å². The van der Waals surface area contributed by atoms with E-state index in [1.54, 1.807) is 36.4 Å². The molecule has 166 valence electrons. The number of nitrogens with two attached hydrogens (primary N) is 1. The summed E-state index contributed by atoms with van der Waals surface area (Å²) in [6, 6.07) is 10.0. The number of ether oxygens (including phenoxy) is 3. The van der Waals surface area contributed by atoms with E-state index in [1.807, 2.05) is 0 Å². The van der Waals surface area contributed by atoms with Crippen LogP contribution < -0.4 is 21.1 Å². The highest BCUT2D eigenvalue weighted by molar-refractivity contribution is 6.09. The van der Waals surface area contributed by atoms with Gasteiger partial charge < -0.3 is 30.6 Å². The van der Waals surface area contributed by atoms with Crippen molar-refractivity contribution in [3.63, 3.8) is 0 Å². The van der Waals surface area contributed by atoms with Crippen LogP contribution in [-0.2, 0) is 14.3 Å². The average molecular weight is 429 g/mol. The van der Waals surface area contributed by atoms with Crippen molar-refractivity contribution < 1.29 is 23.8 Å². The van der Waals surface area contributed by atoms with Crippen LogP contribution in [0.1, 0.15) is 29.6 Å². The molecule has 1 aliphatic rings. The molecule has 0 bridgehead atoms. The summed E-state index contributed by atoms with van der Waals surface area (Å²) in [6.45, 7) is 2.00. The Kier molecular flexibility index (Phi) is 8.71. The molecule has 0 unspecified atom stereocenters. The van der Waals surface area contributed by atoms with Crippen molar-refractivity contribution in [1.29, 1.82) is 0 Å². The first-order valence-electron chi connectivity index (χ1n) is 10.2. The molecule has 4 N–H and O–H groups in total. The summed E-state index contributed by atoms with van der Waals surface area (Å²) in [6.07, 6.45) is 2.43. The van der Waals surface area contributed by atoms with Crippen molar-refractivity contribution in [2.45, 2.75) is 25.4 Å². The zero-order valence-electron chi connectivity index (χ0n) is 17.2. The third kappa shape index (κ3) is 7.93. The number of anilines is 2. The smallest absolute Gasteiger partial charge is 0.258 e. The Bertz CT molecular complexity index is 857. The van der Waals surface area contributed by atoms with Crippen LogP contribution >= 0.6 is 0 Å². The van der Waals surface area contributed by atoms with Crippen LogP contribution in [0.4, 0.5) is 11.5 Å². The second-order valence-corrected chi connectivity index (χ2v) is 6.89. The molecule has 1 aromatic heterocycles. The van der Waals surface area contributed by atoms with Gasteiger partial charge >= 0.3 is 0 Å². The summed E-state index contributed by atoms with van der Waals surface area (Å²) in [5.74, 6) is 0.0553. The summed E-state index contributed by atoms with van der Waals surface area (Å²) in [4.78, 5) is 24.9. The number of hydrogen-bond acceptors (Lipinski definition) is 8. The molecule has 1 aromatic carbocycles. The molecule has 0 aliphatic heterocycles. The van der Waals surface area contributed by atoms with E-state index in [1.165, 1.54) is 0 Å².